The number of carbonyl (C=O) groups excluding carboxylic acids is 1. The minimum Gasteiger partial charge on any atom is -0.307 e. The van der Waals surface area contributed by atoms with E-state index in [2.05, 4.69) is 16.0 Å². The number of nitrogens with one attached hydrogen (secondary N) is 1. The molecule has 196 valence electrons. The summed E-state index contributed by atoms with van der Waals surface area (Å²) in [5.74, 6) is -0.680. The number of rotatable bonds is 4. The second-order valence-electron chi connectivity index (χ2n) is 9.65. The van der Waals surface area contributed by atoms with Crippen LogP contribution in [0.25, 0.3) is 11.5 Å². The molecule has 1 atom stereocenters. The number of fused-ring (bicyclic) bond motifs is 3. The first-order valence-electron chi connectivity index (χ1n) is 12.9. The fourth-order valence-corrected chi connectivity index (χ4v) is 5.32. The Morgan fingerprint density at radius 2 is 1.82 bits per heavy atom. The van der Waals surface area contributed by atoms with Crippen molar-refractivity contribution < 1.29 is 13.6 Å². The number of benzene rings is 3. The summed E-state index contributed by atoms with van der Waals surface area (Å²) in [6, 6.07) is 24.0. The van der Waals surface area contributed by atoms with E-state index in [1.54, 1.807) is 4.90 Å². The zero-order valence-corrected chi connectivity index (χ0v) is 21.6. The second kappa shape index (κ2) is 9.87. The number of hydrogen-bond acceptors (Lipinski definition) is 2. The number of nitrogens with zero attached hydrogens (tertiary/aromatic N) is 4. The van der Waals surface area contributed by atoms with Crippen LogP contribution in [0.4, 0.5) is 19.3 Å². The van der Waals surface area contributed by atoms with Gasteiger partial charge >= 0.3 is 6.03 Å². The van der Waals surface area contributed by atoms with Crippen molar-refractivity contribution in [1.82, 2.24) is 19.2 Å². The predicted octanol–water partition coefficient (Wildman–Crippen LogP) is 6.95. The lowest BCUT2D eigenvalue weighted by Crippen LogP contribution is -2.38. The van der Waals surface area contributed by atoms with E-state index in [0.717, 1.165) is 51.7 Å². The maximum Gasteiger partial charge on any atom is 0.323 e. The van der Waals surface area contributed by atoms with Gasteiger partial charge < -0.3 is 14.8 Å². The highest BCUT2D eigenvalue weighted by molar-refractivity contribution is 5.90. The summed E-state index contributed by atoms with van der Waals surface area (Å²) in [5.41, 5.74) is 5.45. The lowest BCUT2D eigenvalue weighted by atomic mass is 10.00. The predicted molar refractivity (Wildman–Crippen MR) is 146 cm³/mol. The molecule has 0 spiro atoms. The van der Waals surface area contributed by atoms with Gasteiger partial charge in [0.25, 0.3) is 0 Å². The summed E-state index contributed by atoms with van der Waals surface area (Å²) in [7, 11) is 0. The lowest BCUT2D eigenvalue weighted by molar-refractivity contribution is 0.194. The molecule has 0 saturated heterocycles. The number of para-hydroxylation sites is 1. The molecule has 6 rings (SSSR count). The molecule has 0 unspecified atom stereocenters. The van der Waals surface area contributed by atoms with E-state index in [0.29, 0.717) is 6.42 Å². The van der Waals surface area contributed by atoms with Crippen molar-refractivity contribution in [2.75, 3.05) is 5.32 Å². The van der Waals surface area contributed by atoms with Crippen LogP contribution < -0.4 is 5.32 Å². The number of aryl methyl sites for hydroxylation is 2. The standard InChI is InChI=1S/C31H27F2N5O/c1-3-26-24-19-37(31(39)34-27-15-14-22(32)18-25(27)33)29(21-10-7-9-20(2)17-21)28-13-8-16-36(28)30(24)38(35-26)23-11-5-4-6-12-23/h4-18,29H,3,19H2,1-2H3,(H,34,39)/t29-/m0/s1. The average molecular weight is 524 g/mol. The molecular weight excluding hydrogens is 496 g/mol. The Labute approximate surface area is 225 Å². The molecule has 2 aromatic heterocycles. The van der Waals surface area contributed by atoms with Crippen molar-refractivity contribution >= 4 is 11.7 Å². The Morgan fingerprint density at radius 1 is 1.00 bits per heavy atom. The highest BCUT2D eigenvalue weighted by atomic mass is 19.1. The van der Waals surface area contributed by atoms with E-state index >= 15 is 0 Å². The molecule has 0 fully saturated rings. The van der Waals surface area contributed by atoms with Crippen molar-refractivity contribution in [3.05, 3.63) is 131 Å². The second-order valence-corrected chi connectivity index (χ2v) is 9.65. The smallest absolute Gasteiger partial charge is 0.307 e. The SMILES string of the molecule is CCc1nn(-c2ccccc2)c2c1CN(C(=O)Nc1ccc(F)cc1F)[C@@H](c1cccc(C)c1)c1cccn1-2. The molecule has 39 heavy (non-hydrogen) atoms. The van der Waals surface area contributed by atoms with Crippen LogP contribution in [0.2, 0.25) is 0 Å². The Bertz CT molecular complexity index is 1670. The first kappa shape index (κ1) is 24.6. The summed E-state index contributed by atoms with van der Waals surface area (Å²) in [5, 5.41) is 7.64. The summed E-state index contributed by atoms with van der Waals surface area (Å²) in [6.45, 7) is 4.28. The number of urea groups is 1. The maximum atomic E-state index is 14.6. The summed E-state index contributed by atoms with van der Waals surface area (Å²) < 4.78 is 32.2. The quantitative estimate of drug-likeness (QED) is 0.277. The molecule has 2 amide bonds. The fourth-order valence-electron chi connectivity index (χ4n) is 5.32. The zero-order chi connectivity index (χ0) is 27.1. The molecule has 0 aliphatic carbocycles. The van der Waals surface area contributed by atoms with Crippen molar-refractivity contribution in [1.29, 1.82) is 0 Å². The monoisotopic (exact) mass is 523 g/mol. The Kier molecular flexibility index (Phi) is 6.23. The van der Waals surface area contributed by atoms with Gasteiger partial charge in [-0.1, -0.05) is 55.0 Å². The normalized spacial score (nSPS) is 14.5. The summed E-state index contributed by atoms with van der Waals surface area (Å²) in [4.78, 5) is 15.7. The molecule has 0 radical (unpaired) electrons. The first-order chi connectivity index (χ1) is 18.9. The van der Waals surface area contributed by atoms with Gasteiger partial charge in [-0.15, -0.1) is 0 Å². The van der Waals surface area contributed by atoms with Crippen molar-refractivity contribution in [3.8, 4) is 11.5 Å². The minimum atomic E-state index is -0.833. The lowest BCUT2D eigenvalue weighted by Gasteiger charge is -2.31. The van der Waals surface area contributed by atoms with Crippen molar-refractivity contribution in [2.45, 2.75) is 32.9 Å². The fraction of sp³-hybridized carbons (Fsp3) is 0.161. The Balaban J connectivity index is 1.55. The molecule has 0 saturated carbocycles. The molecular formula is C31H27F2N5O. The minimum absolute atomic E-state index is 0.0834. The molecule has 5 aromatic rings. The number of hydrogen-bond donors (Lipinski definition) is 1. The molecule has 1 N–H and O–H groups in total. The molecule has 3 heterocycles. The van der Waals surface area contributed by atoms with Gasteiger partial charge in [-0.2, -0.15) is 5.10 Å². The van der Waals surface area contributed by atoms with Crippen LogP contribution in [0.1, 0.15) is 41.0 Å². The topological polar surface area (TPSA) is 55.1 Å². The molecule has 0 bridgehead atoms. The van der Waals surface area contributed by atoms with Crippen molar-refractivity contribution in [3.63, 3.8) is 0 Å². The highest BCUT2D eigenvalue weighted by Gasteiger charge is 2.36. The highest BCUT2D eigenvalue weighted by Crippen LogP contribution is 2.39. The molecule has 3 aromatic carbocycles. The number of anilines is 1. The largest absolute Gasteiger partial charge is 0.323 e. The average Bonchev–Trinajstić information content (AvgIpc) is 3.51. The number of amides is 2. The van der Waals surface area contributed by atoms with E-state index in [4.69, 9.17) is 5.10 Å². The van der Waals surface area contributed by atoms with Gasteiger partial charge in [0, 0.05) is 17.8 Å². The van der Waals surface area contributed by atoms with Gasteiger partial charge in [0.15, 0.2) is 0 Å². The van der Waals surface area contributed by atoms with Gasteiger partial charge in [0.1, 0.15) is 17.5 Å². The number of halogens is 2. The zero-order valence-electron chi connectivity index (χ0n) is 21.6. The van der Waals surface area contributed by atoms with Crippen LogP contribution in [-0.2, 0) is 13.0 Å². The summed E-state index contributed by atoms with van der Waals surface area (Å²) in [6.07, 6.45) is 2.65. The van der Waals surface area contributed by atoms with E-state index in [9.17, 15) is 13.6 Å². The van der Waals surface area contributed by atoms with Crippen molar-refractivity contribution in [2.24, 2.45) is 0 Å². The van der Waals surface area contributed by atoms with E-state index in [1.165, 1.54) is 6.07 Å². The van der Waals surface area contributed by atoms with E-state index in [-0.39, 0.29) is 12.2 Å². The van der Waals surface area contributed by atoms with Gasteiger partial charge in [-0.25, -0.2) is 18.3 Å². The van der Waals surface area contributed by atoms with Crippen LogP contribution in [0.5, 0.6) is 0 Å². The maximum absolute atomic E-state index is 14.6. The molecule has 1 aliphatic heterocycles. The number of aromatic nitrogens is 3. The first-order valence-corrected chi connectivity index (χ1v) is 12.9. The van der Waals surface area contributed by atoms with Gasteiger partial charge in [0.05, 0.1) is 35.3 Å². The molecule has 6 nitrogen and oxygen atoms in total. The number of carbonyl (C=O) groups is 1. The van der Waals surface area contributed by atoms with E-state index < -0.39 is 23.7 Å². The Hall–Kier alpha value is -4.72. The van der Waals surface area contributed by atoms with Crippen LogP contribution in [0.3, 0.4) is 0 Å². The van der Waals surface area contributed by atoms with Crippen LogP contribution in [0, 0.1) is 18.6 Å². The molecule has 1 aliphatic rings. The van der Waals surface area contributed by atoms with Crippen LogP contribution >= 0.6 is 0 Å². The van der Waals surface area contributed by atoms with Gasteiger partial charge in [-0.3, -0.25) is 0 Å². The third kappa shape index (κ3) is 4.37. The van der Waals surface area contributed by atoms with Crippen LogP contribution in [0.15, 0.2) is 91.1 Å². The molecule has 8 heteroatoms. The van der Waals surface area contributed by atoms with Crippen LogP contribution in [-0.4, -0.2) is 25.3 Å². The Morgan fingerprint density at radius 3 is 2.56 bits per heavy atom. The third-order valence-electron chi connectivity index (χ3n) is 7.10. The third-order valence-corrected chi connectivity index (χ3v) is 7.10. The van der Waals surface area contributed by atoms with Gasteiger partial charge in [0.2, 0.25) is 0 Å². The summed E-state index contributed by atoms with van der Waals surface area (Å²) >= 11 is 0. The van der Waals surface area contributed by atoms with E-state index in [1.807, 2.05) is 85.4 Å². The van der Waals surface area contributed by atoms with Gasteiger partial charge in [-0.05, 0) is 55.3 Å².